The summed E-state index contributed by atoms with van der Waals surface area (Å²) in [5.74, 6) is -1.49. The Kier molecular flexibility index (Phi) is 18.1. The van der Waals surface area contributed by atoms with Crippen LogP contribution in [0.15, 0.2) is 0 Å². The van der Waals surface area contributed by atoms with Gasteiger partial charge in [0.15, 0.2) is 31.5 Å². The molecule has 28 nitrogen and oxygen atoms in total. The molecule has 0 saturated carbocycles. The van der Waals surface area contributed by atoms with Gasteiger partial charge in [-0.2, -0.15) is 0 Å². The van der Waals surface area contributed by atoms with E-state index in [1.54, 1.807) is 0 Å². The maximum atomic E-state index is 12.4. The lowest BCUT2D eigenvalue weighted by Crippen LogP contribution is -2.70. The molecule has 2 amide bonds. The average molecular weight is 911 g/mol. The standard InChI is InChI=1S/C34H58N2O26/c1-8(41)35-15-20(46)27(12(5-39)55-30(15)53)60-31-16(36-9(2)42)21(47)28(13(6-40)58-31)61-34-26(52)29(62-33-25(51)23(49)18(44)11(4-38)57-33)19(45)14(59-34)7-54-32-24(50)22(48)17(43)10(3-37)56-32/h10-34,37-40,43-53H,3-7H2,1-2H3,(H,35,41)(H,36,42)/t10-,11-,12-,13-,14-,15-,16-,17-,18-,19-,20-,21-,22+,23+,24+,25+,26+,27-,28-,29+,30-,31-,32+,33-,34+/m1/s1. The van der Waals surface area contributed by atoms with Crippen LogP contribution in [0.3, 0.4) is 0 Å². The molecule has 0 unspecified atom stereocenters. The van der Waals surface area contributed by atoms with Crippen molar-refractivity contribution in [3.05, 3.63) is 0 Å². The van der Waals surface area contributed by atoms with E-state index in [-0.39, 0.29) is 0 Å². The lowest BCUT2D eigenvalue weighted by atomic mass is 9.94. The molecule has 5 aliphatic heterocycles. The van der Waals surface area contributed by atoms with E-state index in [4.69, 9.17) is 42.6 Å². The Bertz CT molecular complexity index is 1440. The molecule has 62 heavy (non-hydrogen) atoms. The molecule has 0 bridgehead atoms. The summed E-state index contributed by atoms with van der Waals surface area (Å²) in [5, 5.41) is 163. The third-order valence-corrected chi connectivity index (χ3v) is 11.1. The molecular formula is C34H58N2O26. The molecule has 360 valence electrons. The monoisotopic (exact) mass is 910 g/mol. The molecule has 0 spiro atoms. The van der Waals surface area contributed by atoms with Crippen molar-refractivity contribution in [3.8, 4) is 0 Å². The Balaban J connectivity index is 1.41. The number of aliphatic hydroxyl groups excluding tert-OH is 15. The van der Waals surface area contributed by atoms with Crippen molar-refractivity contribution in [3.63, 3.8) is 0 Å². The fourth-order valence-electron chi connectivity index (χ4n) is 7.73. The molecular weight excluding hydrogens is 852 g/mol. The Morgan fingerprint density at radius 3 is 1.35 bits per heavy atom. The van der Waals surface area contributed by atoms with Crippen LogP contribution in [-0.4, -0.2) is 275 Å². The van der Waals surface area contributed by atoms with E-state index in [0.29, 0.717) is 0 Å². The third kappa shape index (κ3) is 11.0. The molecule has 0 aromatic heterocycles. The number of ether oxygens (including phenoxy) is 9. The summed E-state index contributed by atoms with van der Waals surface area (Å²) in [5.41, 5.74) is 0. The summed E-state index contributed by atoms with van der Waals surface area (Å²) in [6, 6.07) is -3.19. The summed E-state index contributed by atoms with van der Waals surface area (Å²) < 4.78 is 50.8. The molecule has 5 heterocycles. The zero-order valence-corrected chi connectivity index (χ0v) is 33.2. The Morgan fingerprint density at radius 1 is 0.419 bits per heavy atom. The van der Waals surface area contributed by atoms with Gasteiger partial charge < -0.3 is 130 Å². The molecule has 5 rings (SSSR count). The second kappa shape index (κ2) is 22.0. The quantitative estimate of drug-likeness (QED) is 0.0725. The molecule has 0 radical (unpaired) electrons. The van der Waals surface area contributed by atoms with E-state index in [2.05, 4.69) is 10.6 Å². The Morgan fingerprint density at radius 2 is 0.823 bits per heavy atom. The van der Waals surface area contributed by atoms with Crippen molar-refractivity contribution in [2.24, 2.45) is 0 Å². The van der Waals surface area contributed by atoms with Gasteiger partial charge in [0.05, 0.1) is 33.0 Å². The summed E-state index contributed by atoms with van der Waals surface area (Å²) in [4.78, 5) is 24.2. The Hall–Kier alpha value is -2.02. The smallest absolute Gasteiger partial charge is 0.217 e. The molecule has 28 heteroatoms. The second-order valence-electron chi connectivity index (χ2n) is 15.5. The maximum Gasteiger partial charge on any atom is 0.217 e. The van der Waals surface area contributed by atoms with Crippen LogP contribution in [0.2, 0.25) is 0 Å². The largest absolute Gasteiger partial charge is 0.394 e. The van der Waals surface area contributed by atoms with Crippen molar-refractivity contribution in [2.75, 3.05) is 33.0 Å². The number of hydrogen-bond donors (Lipinski definition) is 17. The van der Waals surface area contributed by atoms with Crippen LogP contribution in [0.4, 0.5) is 0 Å². The molecule has 17 N–H and O–H groups in total. The van der Waals surface area contributed by atoms with Crippen molar-refractivity contribution >= 4 is 11.8 Å². The van der Waals surface area contributed by atoms with Crippen molar-refractivity contribution < 1.29 is 129 Å². The predicted octanol–water partition coefficient (Wildman–Crippen LogP) is -11.6. The van der Waals surface area contributed by atoms with Crippen molar-refractivity contribution in [1.82, 2.24) is 10.6 Å². The van der Waals surface area contributed by atoms with Gasteiger partial charge in [-0.3, -0.25) is 9.59 Å². The third-order valence-electron chi connectivity index (χ3n) is 11.1. The SMILES string of the molecule is CC(=O)N[C@@H]1[C@@H](O)[C@H](O[C@H]2O[C@H](CO)[C@@H](O[C@@H]3O[C@H](CO[C@H]4O[C@H](CO)[C@@H](O)[C@H](O)[C@@H]4O)[C@@H](O)[C@H](O[C@H]4O[C@H](CO)[C@@H](O)[C@H](O)[C@@H]4O)[C@@H]3O)[C@H](O)[C@H]2NC(C)=O)[C@@H](CO)O[C@H]1O. The zero-order chi connectivity index (χ0) is 45.9. The number of carbonyl (C=O) groups is 2. The minimum atomic E-state index is -2.18. The number of amides is 2. The van der Waals surface area contributed by atoms with E-state index >= 15 is 0 Å². The molecule has 5 aliphatic rings. The van der Waals surface area contributed by atoms with Gasteiger partial charge in [0.2, 0.25) is 11.8 Å². The lowest BCUT2D eigenvalue weighted by Gasteiger charge is -2.50. The fraction of sp³-hybridized carbons (Fsp3) is 0.941. The van der Waals surface area contributed by atoms with E-state index in [1.165, 1.54) is 0 Å². The van der Waals surface area contributed by atoms with E-state index in [0.717, 1.165) is 13.8 Å². The molecule has 25 atom stereocenters. The molecule has 0 aromatic rings. The van der Waals surface area contributed by atoms with Crippen LogP contribution in [0, 0.1) is 0 Å². The molecule has 5 saturated heterocycles. The van der Waals surface area contributed by atoms with E-state index in [1.807, 2.05) is 0 Å². The summed E-state index contributed by atoms with van der Waals surface area (Å²) in [7, 11) is 0. The normalized spacial score (nSPS) is 49.0. The van der Waals surface area contributed by atoms with Crippen LogP contribution < -0.4 is 10.6 Å². The van der Waals surface area contributed by atoms with E-state index in [9.17, 15) is 86.2 Å². The number of carbonyl (C=O) groups excluding carboxylic acids is 2. The van der Waals surface area contributed by atoms with Crippen LogP contribution in [0.5, 0.6) is 0 Å². The summed E-state index contributed by atoms with van der Waals surface area (Å²) in [6.07, 6.45) is -42.3. The van der Waals surface area contributed by atoms with Gasteiger partial charge in [-0.15, -0.1) is 0 Å². The highest BCUT2D eigenvalue weighted by Crippen LogP contribution is 2.35. The lowest BCUT2D eigenvalue weighted by molar-refractivity contribution is -0.384. The van der Waals surface area contributed by atoms with Gasteiger partial charge in [-0.25, -0.2) is 0 Å². The average Bonchev–Trinajstić information content (AvgIpc) is 3.23. The fourth-order valence-corrected chi connectivity index (χ4v) is 7.73. The van der Waals surface area contributed by atoms with Gasteiger partial charge in [-0.1, -0.05) is 0 Å². The zero-order valence-electron chi connectivity index (χ0n) is 33.2. The van der Waals surface area contributed by atoms with Gasteiger partial charge >= 0.3 is 0 Å². The topological polar surface area (TPSA) is 445 Å². The first-order valence-corrected chi connectivity index (χ1v) is 19.6. The summed E-state index contributed by atoms with van der Waals surface area (Å²) in [6.45, 7) is -2.31. The number of rotatable bonds is 15. The van der Waals surface area contributed by atoms with Gasteiger partial charge in [-0.05, 0) is 0 Å². The molecule has 0 aromatic carbocycles. The molecule has 0 aliphatic carbocycles. The van der Waals surface area contributed by atoms with Gasteiger partial charge in [0.25, 0.3) is 0 Å². The van der Waals surface area contributed by atoms with Gasteiger partial charge in [0, 0.05) is 13.8 Å². The number of aliphatic hydroxyl groups is 15. The van der Waals surface area contributed by atoms with Gasteiger partial charge in [0.1, 0.15) is 122 Å². The van der Waals surface area contributed by atoms with E-state index < -0.39 is 198 Å². The van der Waals surface area contributed by atoms with Crippen LogP contribution in [0.1, 0.15) is 13.8 Å². The van der Waals surface area contributed by atoms with Crippen LogP contribution in [0.25, 0.3) is 0 Å². The predicted molar refractivity (Wildman–Crippen MR) is 190 cm³/mol. The van der Waals surface area contributed by atoms with Crippen LogP contribution in [-0.2, 0) is 52.2 Å². The highest BCUT2D eigenvalue weighted by atomic mass is 16.8. The summed E-state index contributed by atoms with van der Waals surface area (Å²) >= 11 is 0. The van der Waals surface area contributed by atoms with Crippen LogP contribution >= 0.6 is 0 Å². The maximum absolute atomic E-state index is 12.4. The minimum absolute atomic E-state index is 0.693. The highest BCUT2D eigenvalue weighted by Gasteiger charge is 2.56. The first kappa shape index (κ1) is 51.0. The first-order valence-electron chi connectivity index (χ1n) is 19.6. The Labute approximate surface area is 351 Å². The first-order chi connectivity index (χ1) is 29.3. The highest BCUT2D eigenvalue weighted by molar-refractivity contribution is 5.73. The number of hydrogen-bond acceptors (Lipinski definition) is 26. The second-order valence-corrected chi connectivity index (χ2v) is 15.5. The van der Waals surface area contributed by atoms with Crippen molar-refractivity contribution in [1.29, 1.82) is 0 Å². The minimum Gasteiger partial charge on any atom is -0.394 e. The number of nitrogens with one attached hydrogen (secondary N) is 2. The van der Waals surface area contributed by atoms with Crippen molar-refractivity contribution in [2.45, 2.75) is 167 Å². The molecule has 5 fully saturated rings.